The molecule has 0 radical (unpaired) electrons. The number of aromatic nitrogens is 1. The summed E-state index contributed by atoms with van der Waals surface area (Å²) in [5.41, 5.74) is 0.00382. The van der Waals surface area contributed by atoms with Gasteiger partial charge in [-0.15, -0.1) is 0 Å². The molecule has 0 atom stereocenters. The minimum absolute atomic E-state index is 0.0884. The quantitative estimate of drug-likeness (QED) is 0.198. The van der Waals surface area contributed by atoms with Crippen molar-refractivity contribution in [1.29, 1.82) is 0 Å². The maximum Gasteiger partial charge on any atom is 0.471 e. The second kappa shape index (κ2) is 14.2. The fourth-order valence-corrected chi connectivity index (χ4v) is 6.33. The molecule has 1 amide bonds. The third kappa shape index (κ3) is 8.21. The van der Waals surface area contributed by atoms with Gasteiger partial charge in [-0.05, 0) is 66.7 Å². The van der Waals surface area contributed by atoms with E-state index in [1.165, 1.54) is 36.4 Å². The van der Waals surface area contributed by atoms with Gasteiger partial charge in [0, 0.05) is 56.2 Å². The molecule has 5 rings (SSSR count). The Hall–Kier alpha value is -4.04. The summed E-state index contributed by atoms with van der Waals surface area (Å²) in [6.45, 7) is 2.35. The monoisotopic (exact) mass is 693 g/mol. The number of hydrogen-bond acceptors (Lipinski definition) is 7. The van der Waals surface area contributed by atoms with Gasteiger partial charge in [-0.3, -0.25) is 14.4 Å². The molecular weight excluding hydrogens is 666 g/mol. The number of amides is 1. The Bertz CT molecular complexity index is 1770. The van der Waals surface area contributed by atoms with Crippen LogP contribution in [0.1, 0.15) is 0 Å². The molecule has 0 bridgehead atoms. The molecule has 3 aromatic carbocycles. The highest BCUT2D eigenvalue weighted by Crippen LogP contribution is 2.36. The summed E-state index contributed by atoms with van der Waals surface area (Å²) in [7, 11) is -4.22. The molecule has 46 heavy (non-hydrogen) atoms. The number of pyridine rings is 1. The molecule has 0 aliphatic carbocycles. The number of hydrogen-bond donors (Lipinski definition) is 1. The van der Waals surface area contributed by atoms with Crippen LogP contribution in [0.4, 0.5) is 30.4 Å². The molecule has 1 aliphatic heterocycles. The van der Waals surface area contributed by atoms with Crippen LogP contribution in [0.5, 0.6) is 11.5 Å². The predicted octanol–water partition coefficient (Wildman–Crippen LogP) is 6.70. The largest absolute Gasteiger partial charge is 0.471 e. The average molecular weight is 695 g/mol. The molecule has 0 spiro atoms. The Kier molecular flexibility index (Phi) is 10.3. The smallest absolute Gasteiger partial charge is 0.454 e. The fourth-order valence-electron chi connectivity index (χ4n) is 4.81. The van der Waals surface area contributed by atoms with Crippen LogP contribution in [0.25, 0.3) is 0 Å². The third-order valence-corrected chi connectivity index (χ3v) is 9.09. The second-order valence-electron chi connectivity index (χ2n) is 10.2. The number of halogens is 5. The molecule has 1 aromatic heterocycles. The fraction of sp³-hybridized carbons (Fsp3) is 0.226. The molecule has 0 unspecified atom stereocenters. The molecule has 1 aliphatic rings. The van der Waals surface area contributed by atoms with Crippen LogP contribution in [0.2, 0.25) is 10.0 Å². The number of alkyl halides is 3. The highest BCUT2D eigenvalue weighted by molar-refractivity contribution is 7.92. The van der Waals surface area contributed by atoms with Crippen LogP contribution < -0.4 is 19.3 Å². The van der Waals surface area contributed by atoms with Gasteiger partial charge in [0.1, 0.15) is 11.6 Å². The SMILES string of the molecule is O=C(N(CCN1CCN(c2ccccn2)CC1)c1ccc(S(=O)(=O)Nc2ccccc2Oc2ccc(Cl)cc2Cl)cc1)C(F)(F)F. The Morgan fingerprint density at radius 3 is 2.26 bits per heavy atom. The molecule has 1 fully saturated rings. The van der Waals surface area contributed by atoms with Crippen molar-refractivity contribution < 1.29 is 31.1 Å². The first-order chi connectivity index (χ1) is 21.9. The number of benzene rings is 3. The number of ether oxygens (including phenoxy) is 1. The number of para-hydroxylation sites is 2. The van der Waals surface area contributed by atoms with E-state index in [-0.39, 0.29) is 45.9 Å². The maximum atomic E-state index is 13.6. The van der Waals surface area contributed by atoms with Crippen LogP contribution in [-0.2, 0) is 14.8 Å². The van der Waals surface area contributed by atoms with Gasteiger partial charge in [0.25, 0.3) is 10.0 Å². The van der Waals surface area contributed by atoms with Gasteiger partial charge in [0.05, 0.1) is 15.6 Å². The van der Waals surface area contributed by atoms with Gasteiger partial charge in [-0.2, -0.15) is 13.2 Å². The molecule has 0 saturated carbocycles. The highest BCUT2D eigenvalue weighted by atomic mass is 35.5. The molecule has 1 saturated heterocycles. The summed E-state index contributed by atoms with van der Waals surface area (Å²) < 4.78 is 75.5. The van der Waals surface area contributed by atoms with Crippen molar-refractivity contribution in [1.82, 2.24) is 9.88 Å². The zero-order chi connectivity index (χ0) is 32.9. The standard InChI is InChI=1S/C31H28Cl2F3N5O4S/c32-22-8-13-27(25(33)21-22)45-28-6-2-1-5-26(28)38-46(43,44)24-11-9-23(10-12-24)41(30(42)31(34,35)36)20-17-39-15-18-40(19-16-39)29-7-3-4-14-37-29/h1-14,21,38H,15-20H2. The Labute approximate surface area is 274 Å². The van der Waals surface area contributed by atoms with Crippen LogP contribution >= 0.6 is 23.2 Å². The molecule has 4 aromatic rings. The molecule has 1 N–H and O–H groups in total. The zero-order valence-corrected chi connectivity index (χ0v) is 26.5. The lowest BCUT2D eigenvalue weighted by Gasteiger charge is -2.36. The van der Waals surface area contributed by atoms with Crippen molar-refractivity contribution in [3.05, 3.63) is 101 Å². The third-order valence-electron chi connectivity index (χ3n) is 7.18. The number of sulfonamides is 1. The minimum atomic E-state index is -5.12. The van der Waals surface area contributed by atoms with Crippen molar-refractivity contribution in [2.75, 3.05) is 53.8 Å². The summed E-state index contributed by atoms with van der Waals surface area (Å²) in [4.78, 5) is 21.2. The van der Waals surface area contributed by atoms with Crippen molar-refractivity contribution in [3.8, 4) is 11.5 Å². The molecule has 15 heteroatoms. The summed E-state index contributed by atoms with van der Waals surface area (Å²) >= 11 is 12.1. The normalized spacial score (nSPS) is 14.2. The van der Waals surface area contributed by atoms with Crippen molar-refractivity contribution in [2.24, 2.45) is 0 Å². The van der Waals surface area contributed by atoms with E-state index in [0.717, 1.165) is 18.0 Å². The van der Waals surface area contributed by atoms with Crippen molar-refractivity contribution >= 4 is 56.3 Å². The number of nitrogens with zero attached hydrogens (tertiary/aromatic N) is 4. The molecular formula is C31H28Cl2F3N5O4S. The summed E-state index contributed by atoms with van der Waals surface area (Å²) in [5.74, 6) is -0.830. The number of nitrogens with one attached hydrogen (secondary N) is 1. The van der Waals surface area contributed by atoms with Gasteiger partial charge in [0.2, 0.25) is 0 Å². The first-order valence-electron chi connectivity index (χ1n) is 14.0. The highest BCUT2D eigenvalue weighted by Gasteiger charge is 2.43. The summed E-state index contributed by atoms with van der Waals surface area (Å²) in [6, 6.07) is 21.0. The van der Waals surface area contributed by atoms with Crippen LogP contribution in [0, 0.1) is 0 Å². The lowest BCUT2D eigenvalue weighted by atomic mass is 10.2. The van der Waals surface area contributed by atoms with Gasteiger partial charge in [0.15, 0.2) is 5.75 Å². The van der Waals surface area contributed by atoms with Crippen LogP contribution in [0.3, 0.4) is 0 Å². The van der Waals surface area contributed by atoms with E-state index in [0.29, 0.717) is 36.1 Å². The van der Waals surface area contributed by atoms with Crippen LogP contribution in [0.15, 0.2) is 96.0 Å². The number of carbonyl (C=O) groups excluding carboxylic acids is 1. The first-order valence-corrected chi connectivity index (χ1v) is 16.3. The Morgan fingerprint density at radius 1 is 0.913 bits per heavy atom. The van der Waals surface area contributed by atoms with Gasteiger partial charge < -0.3 is 14.5 Å². The number of rotatable bonds is 10. The first kappa shape index (κ1) is 33.3. The van der Waals surface area contributed by atoms with E-state index in [1.807, 2.05) is 23.1 Å². The molecule has 242 valence electrons. The van der Waals surface area contributed by atoms with E-state index in [1.54, 1.807) is 24.4 Å². The summed E-state index contributed by atoms with van der Waals surface area (Å²) in [5, 5.41) is 0.607. The Balaban J connectivity index is 1.28. The van der Waals surface area contributed by atoms with Gasteiger partial charge in [-0.25, -0.2) is 13.4 Å². The Morgan fingerprint density at radius 2 is 1.61 bits per heavy atom. The molecule has 2 heterocycles. The van der Waals surface area contributed by atoms with E-state index < -0.39 is 22.1 Å². The summed E-state index contributed by atoms with van der Waals surface area (Å²) in [6.07, 6.45) is -3.43. The van der Waals surface area contributed by atoms with Crippen molar-refractivity contribution in [2.45, 2.75) is 11.1 Å². The lowest BCUT2D eigenvalue weighted by molar-refractivity contribution is -0.170. The minimum Gasteiger partial charge on any atom is -0.454 e. The van der Waals surface area contributed by atoms with Crippen LogP contribution in [-0.4, -0.2) is 69.7 Å². The lowest BCUT2D eigenvalue weighted by Crippen LogP contribution is -2.50. The average Bonchev–Trinajstić information content (AvgIpc) is 3.03. The predicted molar refractivity (Wildman–Crippen MR) is 172 cm³/mol. The van der Waals surface area contributed by atoms with Gasteiger partial charge >= 0.3 is 12.1 Å². The topological polar surface area (TPSA) is 95.1 Å². The number of carbonyl (C=O) groups is 1. The van der Waals surface area contributed by atoms with E-state index in [4.69, 9.17) is 27.9 Å². The van der Waals surface area contributed by atoms with Crippen molar-refractivity contribution in [3.63, 3.8) is 0 Å². The zero-order valence-electron chi connectivity index (χ0n) is 24.1. The second-order valence-corrected chi connectivity index (χ2v) is 12.8. The van der Waals surface area contributed by atoms with E-state index >= 15 is 0 Å². The van der Waals surface area contributed by atoms with E-state index in [9.17, 15) is 26.4 Å². The van der Waals surface area contributed by atoms with Gasteiger partial charge in [-0.1, -0.05) is 41.4 Å². The number of anilines is 3. The van der Waals surface area contributed by atoms with E-state index in [2.05, 4.69) is 14.6 Å². The number of piperazine rings is 1. The molecule has 9 nitrogen and oxygen atoms in total. The maximum absolute atomic E-state index is 13.6.